The zero-order valence-electron chi connectivity index (χ0n) is 16.6. The van der Waals surface area contributed by atoms with E-state index in [1.54, 1.807) is 0 Å². The summed E-state index contributed by atoms with van der Waals surface area (Å²) in [6, 6.07) is 7.51. The first-order valence-electron chi connectivity index (χ1n) is 10.4. The third kappa shape index (κ3) is 3.18. The molecule has 1 amide bonds. The fourth-order valence-corrected chi connectivity index (χ4v) is 4.69. The molecular formula is C22H25N3O4. The topological polar surface area (TPSA) is 73.7 Å². The van der Waals surface area contributed by atoms with Crippen molar-refractivity contribution in [2.24, 2.45) is 0 Å². The summed E-state index contributed by atoms with van der Waals surface area (Å²) in [5, 5.41) is 4.59. The number of aryl methyl sites for hydroxylation is 1. The molecule has 2 aliphatic heterocycles. The number of nitrogens with zero attached hydrogens (tertiary/aromatic N) is 3. The first kappa shape index (κ1) is 18.5. The van der Waals surface area contributed by atoms with Crippen molar-refractivity contribution in [3.8, 4) is 5.69 Å². The van der Waals surface area contributed by atoms with Crippen LogP contribution in [-0.2, 0) is 15.9 Å². The molecule has 0 bridgehead atoms. The summed E-state index contributed by atoms with van der Waals surface area (Å²) in [5.74, 6) is -0.270. The fourth-order valence-electron chi connectivity index (χ4n) is 4.69. The molecule has 1 aliphatic carbocycles. The van der Waals surface area contributed by atoms with E-state index in [0.717, 1.165) is 35.5 Å². The van der Waals surface area contributed by atoms with Crippen LogP contribution in [0.4, 0.5) is 0 Å². The van der Waals surface area contributed by atoms with Crippen molar-refractivity contribution in [3.05, 3.63) is 46.8 Å². The van der Waals surface area contributed by atoms with Gasteiger partial charge in [-0.25, -0.2) is 4.68 Å². The third-order valence-corrected chi connectivity index (χ3v) is 6.24. The molecule has 1 aromatic carbocycles. The van der Waals surface area contributed by atoms with E-state index in [-0.39, 0.29) is 11.7 Å². The Kier molecular flexibility index (Phi) is 4.52. The quantitative estimate of drug-likeness (QED) is 0.782. The van der Waals surface area contributed by atoms with Gasteiger partial charge in [-0.1, -0.05) is 0 Å². The Labute approximate surface area is 169 Å². The van der Waals surface area contributed by atoms with Crippen LogP contribution in [0.2, 0.25) is 0 Å². The third-order valence-electron chi connectivity index (χ3n) is 6.24. The van der Waals surface area contributed by atoms with E-state index < -0.39 is 5.79 Å². The number of carbonyl (C=O) groups excluding carboxylic acids is 2. The van der Waals surface area contributed by atoms with Crippen molar-refractivity contribution in [2.45, 2.75) is 44.8 Å². The van der Waals surface area contributed by atoms with E-state index in [1.165, 1.54) is 0 Å². The number of amides is 1. The van der Waals surface area contributed by atoms with Gasteiger partial charge in [0.1, 0.15) is 0 Å². The Morgan fingerprint density at radius 1 is 1.07 bits per heavy atom. The van der Waals surface area contributed by atoms with Gasteiger partial charge in [0, 0.05) is 37.9 Å². The number of fused-ring (bicyclic) bond motifs is 1. The van der Waals surface area contributed by atoms with E-state index in [0.29, 0.717) is 51.1 Å². The van der Waals surface area contributed by atoms with Crippen LogP contribution >= 0.6 is 0 Å². The molecule has 2 fully saturated rings. The molecular weight excluding hydrogens is 370 g/mol. The second-order valence-corrected chi connectivity index (χ2v) is 8.04. The number of ether oxygens (including phenoxy) is 2. The van der Waals surface area contributed by atoms with Crippen LogP contribution in [0.5, 0.6) is 0 Å². The zero-order chi connectivity index (χ0) is 20.0. The highest BCUT2D eigenvalue weighted by Gasteiger charge is 2.40. The first-order valence-corrected chi connectivity index (χ1v) is 10.4. The molecule has 0 atom stereocenters. The predicted molar refractivity (Wildman–Crippen MR) is 105 cm³/mol. The van der Waals surface area contributed by atoms with Gasteiger partial charge in [0.05, 0.1) is 35.9 Å². The fraction of sp³-hybridized carbons (Fsp3) is 0.500. The summed E-state index contributed by atoms with van der Waals surface area (Å²) < 4.78 is 13.3. The summed E-state index contributed by atoms with van der Waals surface area (Å²) in [6.45, 7) is 4.43. The summed E-state index contributed by atoms with van der Waals surface area (Å²) in [6.07, 6.45) is 3.73. The molecule has 2 saturated heterocycles. The summed E-state index contributed by atoms with van der Waals surface area (Å²) in [4.78, 5) is 27.0. The van der Waals surface area contributed by atoms with Crippen molar-refractivity contribution < 1.29 is 19.1 Å². The maximum absolute atomic E-state index is 12.9. The molecule has 0 N–H and O–H groups in total. The van der Waals surface area contributed by atoms with Gasteiger partial charge in [-0.2, -0.15) is 5.10 Å². The molecule has 2 aromatic rings. The van der Waals surface area contributed by atoms with Crippen LogP contribution in [-0.4, -0.2) is 58.5 Å². The van der Waals surface area contributed by atoms with Gasteiger partial charge in [0.2, 0.25) is 0 Å². The number of ketones is 1. The second kappa shape index (κ2) is 7.07. The number of likely N-dealkylation sites (tertiary alicyclic amines) is 1. The van der Waals surface area contributed by atoms with Gasteiger partial charge >= 0.3 is 0 Å². The number of hydrogen-bond donors (Lipinski definition) is 0. The molecule has 7 heteroatoms. The van der Waals surface area contributed by atoms with E-state index in [4.69, 9.17) is 9.47 Å². The Hall–Kier alpha value is -2.51. The van der Waals surface area contributed by atoms with Crippen LogP contribution in [0, 0.1) is 6.92 Å². The van der Waals surface area contributed by atoms with Crippen LogP contribution in [0.1, 0.15) is 57.8 Å². The van der Waals surface area contributed by atoms with E-state index >= 15 is 0 Å². The Morgan fingerprint density at radius 2 is 1.76 bits per heavy atom. The molecule has 0 saturated carbocycles. The number of hydrogen-bond acceptors (Lipinski definition) is 5. The molecule has 1 spiro atoms. The van der Waals surface area contributed by atoms with Gasteiger partial charge < -0.3 is 14.4 Å². The second-order valence-electron chi connectivity index (χ2n) is 8.04. The zero-order valence-corrected chi connectivity index (χ0v) is 16.6. The largest absolute Gasteiger partial charge is 0.347 e. The molecule has 7 nitrogen and oxygen atoms in total. The highest BCUT2D eigenvalue weighted by Crippen LogP contribution is 2.32. The average molecular weight is 395 g/mol. The van der Waals surface area contributed by atoms with E-state index in [1.807, 2.05) is 40.8 Å². The molecule has 3 aliphatic rings. The lowest BCUT2D eigenvalue weighted by Crippen LogP contribution is -2.47. The predicted octanol–water partition coefficient (Wildman–Crippen LogP) is 2.68. The van der Waals surface area contributed by atoms with Crippen molar-refractivity contribution in [2.75, 3.05) is 26.3 Å². The van der Waals surface area contributed by atoms with Gasteiger partial charge in [0.25, 0.3) is 5.91 Å². The standard InChI is InChI=1S/C22H25N3O4/c1-15-20-18(3-2-4-19(20)26)25(23-15)17-7-5-16(6-8-17)21(27)24-11-9-22(10-12-24)28-13-14-29-22/h5-8H,2-4,9-14H2,1H3. The van der Waals surface area contributed by atoms with Crippen LogP contribution in [0.15, 0.2) is 24.3 Å². The minimum Gasteiger partial charge on any atom is -0.347 e. The van der Waals surface area contributed by atoms with Crippen LogP contribution < -0.4 is 0 Å². The lowest BCUT2D eigenvalue weighted by atomic mass is 9.94. The summed E-state index contributed by atoms with van der Waals surface area (Å²) in [7, 11) is 0. The Balaban J connectivity index is 1.33. The molecule has 5 rings (SSSR count). The maximum atomic E-state index is 12.9. The molecule has 1 aromatic heterocycles. The number of aromatic nitrogens is 2. The number of benzene rings is 1. The summed E-state index contributed by atoms with van der Waals surface area (Å²) in [5.41, 5.74) is 4.08. The highest BCUT2D eigenvalue weighted by molar-refractivity contribution is 5.99. The van der Waals surface area contributed by atoms with E-state index in [2.05, 4.69) is 5.10 Å². The minimum absolute atomic E-state index is 0.0262. The first-order chi connectivity index (χ1) is 14.1. The van der Waals surface area contributed by atoms with Crippen molar-refractivity contribution in [1.29, 1.82) is 0 Å². The Bertz CT molecular complexity index is 947. The van der Waals surface area contributed by atoms with Gasteiger partial charge in [-0.05, 0) is 44.0 Å². The van der Waals surface area contributed by atoms with Crippen LogP contribution in [0.25, 0.3) is 5.69 Å². The number of Topliss-reactive ketones (excluding diaryl/α,β-unsaturated/α-hetero) is 1. The van der Waals surface area contributed by atoms with Crippen LogP contribution in [0.3, 0.4) is 0 Å². The normalized spacial score (nSPS) is 20.9. The smallest absolute Gasteiger partial charge is 0.253 e. The molecule has 3 heterocycles. The number of carbonyl (C=O) groups is 2. The molecule has 152 valence electrons. The van der Waals surface area contributed by atoms with E-state index in [9.17, 15) is 9.59 Å². The van der Waals surface area contributed by atoms with Crippen molar-refractivity contribution in [1.82, 2.24) is 14.7 Å². The number of rotatable bonds is 2. The average Bonchev–Trinajstić information content (AvgIpc) is 3.34. The van der Waals surface area contributed by atoms with Crippen molar-refractivity contribution >= 4 is 11.7 Å². The molecule has 0 radical (unpaired) electrons. The maximum Gasteiger partial charge on any atom is 0.253 e. The van der Waals surface area contributed by atoms with Gasteiger partial charge in [-0.3, -0.25) is 9.59 Å². The Morgan fingerprint density at radius 3 is 2.45 bits per heavy atom. The molecule has 0 unspecified atom stereocenters. The SMILES string of the molecule is Cc1nn(-c2ccc(C(=O)N3CCC4(CC3)OCCO4)cc2)c2c1C(=O)CCC2. The van der Waals surface area contributed by atoms with Crippen molar-refractivity contribution in [3.63, 3.8) is 0 Å². The van der Waals surface area contributed by atoms with Gasteiger partial charge in [-0.15, -0.1) is 0 Å². The van der Waals surface area contributed by atoms with Gasteiger partial charge in [0.15, 0.2) is 11.6 Å². The minimum atomic E-state index is -0.477. The molecule has 29 heavy (non-hydrogen) atoms. The number of piperidine rings is 1. The lowest BCUT2D eigenvalue weighted by Gasteiger charge is -2.37. The summed E-state index contributed by atoms with van der Waals surface area (Å²) >= 11 is 0. The lowest BCUT2D eigenvalue weighted by molar-refractivity contribution is -0.181. The highest BCUT2D eigenvalue weighted by atomic mass is 16.7. The monoisotopic (exact) mass is 395 g/mol.